The van der Waals surface area contributed by atoms with Crippen LogP contribution in [0.4, 0.5) is 11.4 Å². The Morgan fingerprint density at radius 1 is 1.21 bits per heavy atom. The van der Waals surface area contributed by atoms with Gasteiger partial charge < -0.3 is 14.8 Å². The molecular weight excluding hydrogens is 332 g/mol. The standard InChI is InChI=1S/C16H14N2O5S/c1-10(24-13-5-3-12(4-6-13)18(20)21)16(19)17-11-2-7-14-15(8-11)23-9-22-14/h2-8,10H,9H2,1H3,(H,17,19). The van der Waals surface area contributed by atoms with E-state index in [0.717, 1.165) is 4.90 Å². The van der Waals surface area contributed by atoms with Gasteiger partial charge in [0.05, 0.1) is 10.2 Å². The van der Waals surface area contributed by atoms with E-state index in [1.807, 2.05) is 0 Å². The fourth-order valence-electron chi connectivity index (χ4n) is 2.12. The van der Waals surface area contributed by atoms with Crippen LogP contribution < -0.4 is 14.8 Å². The average molecular weight is 346 g/mol. The monoisotopic (exact) mass is 346 g/mol. The second kappa shape index (κ2) is 6.79. The van der Waals surface area contributed by atoms with E-state index in [0.29, 0.717) is 17.2 Å². The summed E-state index contributed by atoms with van der Waals surface area (Å²) < 4.78 is 10.5. The molecule has 1 aliphatic rings. The van der Waals surface area contributed by atoms with Crippen LogP contribution in [0, 0.1) is 10.1 Å². The fourth-order valence-corrected chi connectivity index (χ4v) is 2.99. The van der Waals surface area contributed by atoms with Gasteiger partial charge in [0.1, 0.15) is 0 Å². The summed E-state index contributed by atoms with van der Waals surface area (Å²) in [5, 5.41) is 13.1. The quantitative estimate of drug-likeness (QED) is 0.507. The number of nitro groups is 1. The molecule has 1 heterocycles. The Kier molecular flexibility index (Phi) is 4.57. The van der Waals surface area contributed by atoms with Gasteiger partial charge in [0.15, 0.2) is 11.5 Å². The number of ether oxygens (including phenoxy) is 2. The molecule has 1 aliphatic heterocycles. The minimum atomic E-state index is -0.454. The van der Waals surface area contributed by atoms with Crippen molar-refractivity contribution in [3.8, 4) is 11.5 Å². The first kappa shape index (κ1) is 16.1. The number of benzene rings is 2. The van der Waals surface area contributed by atoms with Crippen LogP contribution in [0.25, 0.3) is 0 Å². The summed E-state index contributed by atoms with van der Waals surface area (Å²) >= 11 is 1.33. The number of nitrogens with zero attached hydrogens (tertiary/aromatic N) is 1. The molecule has 0 aromatic heterocycles. The van der Waals surface area contributed by atoms with Crippen LogP contribution in [-0.4, -0.2) is 22.9 Å². The highest BCUT2D eigenvalue weighted by atomic mass is 32.2. The molecule has 2 aromatic rings. The molecule has 0 saturated heterocycles. The Labute approximate surface area is 142 Å². The first-order valence-electron chi connectivity index (χ1n) is 7.14. The van der Waals surface area contributed by atoms with E-state index in [2.05, 4.69) is 5.32 Å². The highest BCUT2D eigenvalue weighted by Gasteiger charge is 2.18. The third-order valence-corrected chi connectivity index (χ3v) is 4.48. The number of fused-ring (bicyclic) bond motifs is 1. The molecular formula is C16H14N2O5S. The number of hydrogen-bond donors (Lipinski definition) is 1. The SMILES string of the molecule is CC(Sc1ccc([N+](=O)[O-])cc1)C(=O)Nc1ccc2c(c1)OCO2. The maximum atomic E-state index is 12.3. The molecule has 2 aromatic carbocycles. The summed E-state index contributed by atoms with van der Waals surface area (Å²) in [6, 6.07) is 11.3. The van der Waals surface area contributed by atoms with Crippen molar-refractivity contribution < 1.29 is 19.2 Å². The predicted octanol–water partition coefficient (Wildman–Crippen LogP) is 3.44. The molecule has 0 radical (unpaired) electrons. The van der Waals surface area contributed by atoms with E-state index in [-0.39, 0.29) is 23.6 Å². The Balaban J connectivity index is 1.61. The zero-order valence-electron chi connectivity index (χ0n) is 12.7. The molecule has 0 saturated carbocycles. The third kappa shape index (κ3) is 3.60. The smallest absolute Gasteiger partial charge is 0.269 e. The number of amides is 1. The van der Waals surface area contributed by atoms with Crippen LogP contribution in [0.5, 0.6) is 11.5 Å². The van der Waals surface area contributed by atoms with Gasteiger partial charge in [-0.3, -0.25) is 14.9 Å². The molecule has 3 rings (SSSR count). The molecule has 0 aliphatic carbocycles. The molecule has 1 atom stereocenters. The third-order valence-electron chi connectivity index (χ3n) is 3.37. The van der Waals surface area contributed by atoms with Gasteiger partial charge in [-0.25, -0.2) is 0 Å². The lowest BCUT2D eigenvalue weighted by molar-refractivity contribution is -0.384. The lowest BCUT2D eigenvalue weighted by atomic mass is 10.2. The van der Waals surface area contributed by atoms with Crippen molar-refractivity contribution >= 4 is 29.0 Å². The summed E-state index contributed by atoms with van der Waals surface area (Å²) in [7, 11) is 0. The summed E-state index contributed by atoms with van der Waals surface area (Å²) in [5.74, 6) is 1.09. The van der Waals surface area contributed by atoms with E-state index in [1.54, 1.807) is 37.3 Å². The van der Waals surface area contributed by atoms with Gasteiger partial charge in [-0.05, 0) is 31.2 Å². The maximum absolute atomic E-state index is 12.3. The van der Waals surface area contributed by atoms with Crippen molar-refractivity contribution in [3.63, 3.8) is 0 Å². The summed E-state index contributed by atoms with van der Waals surface area (Å²) in [4.78, 5) is 23.3. The topological polar surface area (TPSA) is 90.7 Å². The number of nitrogens with one attached hydrogen (secondary N) is 1. The van der Waals surface area contributed by atoms with Crippen LogP contribution in [0.15, 0.2) is 47.4 Å². The number of non-ortho nitro benzene ring substituents is 1. The molecule has 1 amide bonds. The van der Waals surface area contributed by atoms with E-state index >= 15 is 0 Å². The van der Waals surface area contributed by atoms with Crippen molar-refractivity contribution in [3.05, 3.63) is 52.6 Å². The van der Waals surface area contributed by atoms with Crippen LogP contribution >= 0.6 is 11.8 Å². The first-order chi connectivity index (χ1) is 11.5. The van der Waals surface area contributed by atoms with Crippen molar-refractivity contribution in [1.82, 2.24) is 0 Å². The van der Waals surface area contributed by atoms with E-state index in [4.69, 9.17) is 9.47 Å². The maximum Gasteiger partial charge on any atom is 0.269 e. The molecule has 1 N–H and O–H groups in total. The molecule has 0 spiro atoms. The minimum absolute atomic E-state index is 0.0248. The summed E-state index contributed by atoms with van der Waals surface area (Å²) in [6.45, 7) is 1.95. The van der Waals surface area contributed by atoms with Crippen LogP contribution in [0.2, 0.25) is 0 Å². The fraction of sp³-hybridized carbons (Fsp3) is 0.188. The first-order valence-corrected chi connectivity index (χ1v) is 8.02. The highest BCUT2D eigenvalue weighted by Crippen LogP contribution is 2.34. The van der Waals surface area contributed by atoms with Gasteiger partial charge in [0.25, 0.3) is 5.69 Å². The Bertz CT molecular complexity index is 779. The molecule has 1 unspecified atom stereocenters. The average Bonchev–Trinajstić information content (AvgIpc) is 3.03. The largest absolute Gasteiger partial charge is 0.454 e. The molecule has 0 bridgehead atoms. The lowest BCUT2D eigenvalue weighted by Crippen LogP contribution is -2.22. The number of carbonyl (C=O) groups excluding carboxylic acids is 1. The van der Waals surface area contributed by atoms with E-state index in [9.17, 15) is 14.9 Å². The molecule has 8 heteroatoms. The molecule has 0 fully saturated rings. The minimum Gasteiger partial charge on any atom is -0.454 e. The predicted molar refractivity (Wildman–Crippen MR) is 89.6 cm³/mol. The highest BCUT2D eigenvalue weighted by molar-refractivity contribution is 8.00. The van der Waals surface area contributed by atoms with Gasteiger partial charge in [0, 0.05) is 28.8 Å². The lowest BCUT2D eigenvalue weighted by Gasteiger charge is -2.12. The Hall–Kier alpha value is -2.74. The van der Waals surface area contributed by atoms with Crippen molar-refractivity contribution in [2.75, 3.05) is 12.1 Å². The van der Waals surface area contributed by atoms with Crippen LogP contribution in [-0.2, 0) is 4.79 Å². The van der Waals surface area contributed by atoms with E-state index < -0.39 is 4.92 Å². The zero-order chi connectivity index (χ0) is 17.1. The van der Waals surface area contributed by atoms with Gasteiger partial charge in [-0.2, -0.15) is 0 Å². The van der Waals surface area contributed by atoms with E-state index in [1.165, 1.54) is 23.9 Å². The van der Waals surface area contributed by atoms with Gasteiger partial charge in [0.2, 0.25) is 12.7 Å². The van der Waals surface area contributed by atoms with Crippen molar-refractivity contribution in [1.29, 1.82) is 0 Å². The normalized spacial score (nSPS) is 13.4. The molecule has 24 heavy (non-hydrogen) atoms. The second-order valence-corrected chi connectivity index (χ2v) is 6.48. The zero-order valence-corrected chi connectivity index (χ0v) is 13.5. The Morgan fingerprint density at radius 2 is 1.92 bits per heavy atom. The number of thioether (sulfide) groups is 1. The van der Waals surface area contributed by atoms with Gasteiger partial charge in [-0.1, -0.05) is 0 Å². The number of nitro benzene ring substituents is 1. The summed E-state index contributed by atoms with van der Waals surface area (Å²) in [5.41, 5.74) is 0.650. The van der Waals surface area contributed by atoms with Crippen LogP contribution in [0.1, 0.15) is 6.92 Å². The van der Waals surface area contributed by atoms with Crippen molar-refractivity contribution in [2.45, 2.75) is 17.1 Å². The van der Waals surface area contributed by atoms with Gasteiger partial charge >= 0.3 is 0 Å². The van der Waals surface area contributed by atoms with Gasteiger partial charge in [-0.15, -0.1) is 11.8 Å². The number of hydrogen-bond acceptors (Lipinski definition) is 6. The Morgan fingerprint density at radius 3 is 2.62 bits per heavy atom. The number of rotatable bonds is 5. The summed E-state index contributed by atoms with van der Waals surface area (Å²) in [6.07, 6.45) is 0. The number of anilines is 1. The van der Waals surface area contributed by atoms with Crippen molar-refractivity contribution in [2.24, 2.45) is 0 Å². The second-order valence-electron chi connectivity index (χ2n) is 5.07. The molecule has 7 nitrogen and oxygen atoms in total. The molecule has 124 valence electrons. The van der Waals surface area contributed by atoms with Crippen LogP contribution in [0.3, 0.4) is 0 Å². The number of carbonyl (C=O) groups is 1.